The molecule has 0 radical (unpaired) electrons. The van der Waals surface area contributed by atoms with Crippen LogP contribution >= 0.6 is 0 Å². The molecule has 0 spiro atoms. The summed E-state index contributed by atoms with van der Waals surface area (Å²) in [5.41, 5.74) is 6.58. The predicted molar refractivity (Wildman–Crippen MR) is 153 cm³/mol. The molecule has 0 saturated carbocycles. The summed E-state index contributed by atoms with van der Waals surface area (Å²) in [7, 11) is 0. The Labute approximate surface area is 247 Å². The number of benzene rings is 2. The maximum atomic E-state index is 14.7. The minimum atomic E-state index is -1.69. The number of aliphatic hydroxyl groups is 1. The Hall–Kier alpha value is -4.45. The summed E-state index contributed by atoms with van der Waals surface area (Å²) >= 11 is 0. The first kappa shape index (κ1) is 30.0. The average molecular weight is 593 g/mol. The molecule has 10 nitrogen and oxygen atoms in total. The number of fused-ring (bicyclic) bond motifs is 1. The van der Waals surface area contributed by atoms with E-state index in [9.17, 15) is 23.5 Å². The van der Waals surface area contributed by atoms with Crippen LogP contribution in [0.5, 0.6) is 5.75 Å². The Morgan fingerprint density at radius 2 is 1.95 bits per heavy atom. The third-order valence-corrected chi connectivity index (χ3v) is 7.76. The number of rotatable bonds is 11. The first-order valence-corrected chi connectivity index (χ1v) is 14.1. The van der Waals surface area contributed by atoms with Crippen molar-refractivity contribution in [2.45, 2.75) is 65.0 Å². The van der Waals surface area contributed by atoms with E-state index >= 15 is 0 Å². The highest BCUT2D eigenvalue weighted by Gasteiger charge is 2.36. The maximum absolute atomic E-state index is 14.7. The van der Waals surface area contributed by atoms with Crippen LogP contribution in [0.2, 0.25) is 0 Å². The number of Topliss-reactive ketones (excluding diaryl/α,β-unsaturated/α-hetero) is 1. The number of primary amides is 1. The quantitative estimate of drug-likeness (QED) is 0.246. The lowest BCUT2D eigenvalue weighted by Crippen LogP contribution is -2.33. The van der Waals surface area contributed by atoms with Gasteiger partial charge in [0.1, 0.15) is 35.6 Å². The van der Waals surface area contributed by atoms with E-state index in [-0.39, 0.29) is 47.6 Å². The van der Waals surface area contributed by atoms with Crippen LogP contribution < -0.4 is 10.5 Å². The molecule has 0 bridgehead atoms. The molecule has 1 aliphatic carbocycles. The Morgan fingerprint density at radius 3 is 2.65 bits per heavy atom. The average Bonchev–Trinajstić information content (AvgIpc) is 3.54. The molecule has 1 amide bonds. The van der Waals surface area contributed by atoms with Gasteiger partial charge in [-0.25, -0.2) is 23.1 Å². The number of hydrogen-bond acceptors (Lipinski definition) is 7. The number of unbranched alkanes of at least 4 members (excludes halogenated alkanes) is 1. The molecule has 1 unspecified atom stereocenters. The lowest BCUT2D eigenvalue weighted by atomic mass is 9.75. The first-order chi connectivity index (χ1) is 20.4. The number of nitrogens with two attached hydrogens (primary N) is 1. The van der Waals surface area contributed by atoms with Gasteiger partial charge in [-0.05, 0) is 56.2 Å². The summed E-state index contributed by atoms with van der Waals surface area (Å²) in [6.07, 6.45) is 4.77. The molecule has 12 heteroatoms. The second-order valence-electron chi connectivity index (χ2n) is 11.9. The van der Waals surface area contributed by atoms with E-state index < -0.39 is 23.1 Å². The van der Waals surface area contributed by atoms with Gasteiger partial charge in [-0.3, -0.25) is 9.59 Å². The molecular formula is C31H34F2N6O4. The van der Waals surface area contributed by atoms with Crippen molar-refractivity contribution in [1.82, 2.24) is 24.5 Å². The zero-order chi connectivity index (χ0) is 30.9. The van der Waals surface area contributed by atoms with Gasteiger partial charge < -0.3 is 15.6 Å². The molecule has 2 aromatic carbocycles. The Bertz CT molecular complexity index is 1670. The van der Waals surface area contributed by atoms with E-state index in [0.29, 0.717) is 42.6 Å². The van der Waals surface area contributed by atoms with Gasteiger partial charge in [0.25, 0.3) is 5.91 Å². The van der Waals surface area contributed by atoms with Crippen LogP contribution in [0.3, 0.4) is 0 Å². The molecule has 43 heavy (non-hydrogen) atoms. The van der Waals surface area contributed by atoms with Crippen LogP contribution in [0.25, 0.3) is 5.69 Å². The van der Waals surface area contributed by atoms with E-state index in [1.54, 1.807) is 22.9 Å². The smallest absolute Gasteiger partial charge is 0.252 e. The fourth-order valence-electron chi connectivity index (χ4n) is 5.77. The number of carbonyl (C=O) groups is 2. The number of hydrogen-bond donors (Lipinski definition) is 2. The van der Waals surface area contributed by atoms with Crippen molar-refractivity contribution >= 4 is 11.7 Å². The normalized spacial score (nSPS) is 15.6. The third kappa shape index (κ3) is 6.34. The number of amides is 1. The lowest BCUT2D eigenvalue weighted by Gasteiger charge is -2.29. The van der Waals surface area contributed by atoms with Gasteiger partial charge in [-0.2, -0.15) is 10.2 Å². The number of nitrogens with zero attached hydrogens (tertiary/aromatic N) is 5. The second kappa shape index (κ2) is 11.7. The van der Waals surface area contributed by atoms with Crippen LogP contribution in [0.4, 0.5) is 8.78 Å². The predicted octanol–water partition coefficient (Wildman–Crippen LogP) is 4.44. The molecule has 1 atom stereocenters. The van der Waals surface area contributed by atoms with Crippen molar-refractivity contribution in [3.05, 3.63) is 88.8 Å². The monoisotopic (exact) mass is 592 g/mol. The third-order valence-electron chi connectivity index (χ3n) is 7.76. The van der Waals surface area contributed by atoms with E-state index in [4.69, 9.17) is 10.5 Å². The van der Waals surface area contributed by atoms with Crippen molar-refractivity contribution < 1.29 is 28.2 Å². The molecule has 2 aromatic heterocycles. The fourth-order valence-corrected chi connectivity index (χ4v) is 5.77. The Balaban J connectivity index is 1.32. The Kier molecular flexibility index (Phi) is 8.15. The maximum Gasteiger partial charge on any atom is 0.252 e. The van der Waals surface area contributed by atoms with Gasteiger partial charge in [0.05, 0.1) is 41.4 Å². The summed E-state index contributed by atoms with van der Waals surface area (Å²) in [5.74, 6) is -1.94. The van der Waals surface area contributed by atoms with Crippen molar-refractivity contribution in [2.75, 3.05) is 6.61 Å². The van der Waals surface area contributed by atoms with Crippen molar-refractivity contribution in [3.63, 3.8) is 0 Å². The SMILES string of the molecule is Cc1nn(-c2ccc(C(N)=O)c(OCCCCC(O)(Cn3cncn3)c3ccc(F)cc3F)c2)c2c1C(=O)CC(C)(C)C2. The van der Waals surface area contributed by atoms with E-state index in [1.165, 1.54) is 23.4 Å². The molecule has 2 heterocycles. The van der Waals surface area contributed by atoms with Gasteiger partial charge in [0, 0.05) is 24.1 Å². The molecule has 0 aliphatic heterocycles. The number of aromatic nitrogens is 5. The van der Waals surface area contributed by atoms with Gasteiger partial charge >= 0.3 is 0 Å². The van der Waals surface area contributed by atoms with Gasteiger partial charge in [0.2, 0.25) is 0 Å². The van der Waals surface area contributed by atoms with Crippen LogP contribution in [0.1, 0.15) is 77.2 Å². The zero-order valence-corrected chi connectivity index (χ0v) is 24.3. The van der Waals surface area contributed by atoms with Gasteiger partial charge in [-0.15, -0.1) is 0 Å². The van der Waals surface area contributed by atoms with E-state index in [0.717, 1.165) is 17.8 Å². The standard InChI is InChI=1S/C31H34F2N6O4/c1-19-28-25(14-30(2,3)15-26(28)40)39(37-19)21-7-8-22(29(34)41)27(13-21)43-11-5-4-10-31(42,16-38-18-35-17-36-38)23-9-6-20(32)12-24(23)33/h6-9,12-13,17-18,42H,4-5,10-11,14-16H2,1-3H3,(H2,34,41). The minimum absolute atomic E-state index is 0.0476. The van der Waals surface area contributed by atoms with E-state index in [1.807, 2.05) is 20.8 Å². The van der Waals surface area contributed by atoms with Crippen LogP contribution in [-0.4, -0.2) is 47.9 Å². The second-order valence-corrected chi connectivity index (χ2v) is 11.9. The Morgan fingerprint density at radius 1 is 1.16 bits per heavy atom. The molecular weight excluding hydrogens is 558 g/mol. The number of aryl methyl sites for hydroxylation is 1. The molecule has 4 aromatic rings. The molecule has 0 saturated heterocycles. The van der Waals surface area contributed by atoms with Crippen molar-refractivity contribution in [3.8, 4) is 11.4 Å². The number of ether oxygens (including phenoxy) is 1. The highest BCUT2D eigenvalue weighted by Crippen LogP contribution is 2.38. The first-order valence-electron chi connectivity index (χ1n) is 14.1. The van der Waals surface area contributed by atoms with Crippen molar-refractivity contribution in [2.24, 2.45) is 11.1 Å². The van der Waals surface area contributed by atoms with Crippen LogP contribution in [0, 0.1) is 24.0 Å². The number of halogens is 2. The number of carbonyl (C=O) groups excluding carboxylic acids is 2. The molecule has 0 fully saturated rings. The zero-order valence-electron chi connectivity index (χ0n) is 24.3. The van der Waals surface area contributed by atoms with Gasteiger partial charge in [-0.1, -0.05) is 19.9 Å². The summed E-state index contributed by atoms with van der Waals surface area (Å²) in [6.45, 7) is 5.97. The minimum Gasteiger partial charge on any atom is -0.493 e. The fraction of sp³-hybridized carbons (Fsp3) is 0.387. The number of ketones is 1. The summed E-state index contributed by atoms with van der Waals surface area (Å²) in [4.78, 5) is 28.9. The van der Waals surface area contributed by atoms with Crippen LogP contribution in [0.15, 0.2) is 49.1 Å². The highest BCUT2D eigenvalue weighted by molar-refractivity contribution is 6.00. The summed E-state index contributed by atoms with van der Waals surface area (Å²) in [6, 6.07) is 8.02. The molecule has 5 rings (SSSR count). The topological polar surface area (TPSA) is 138 Å². The molecule has 1 aliphatic rings. The van der Waals surface area contributed by atoms with Crippen LogP contribution in [-0.2, 0) is 18.6 Å². The van der Waals surface area contributed by atoms with Crippen molar-refractivity contribution in [1.29, 1.82) is 0 Å². The van der Waals surface area contributed by atoms with E-state index in [2.05, 4.69) is 15.2 Å². The summed E-state index contributed by atoms with van der Waals surface area (Å²) < 4.78 is 37.4. The summed E-state index contributed by atoms with van der Waals surface area (Å²) in [5, 5.41) is 20.1. The highest BCUT2D eigenvalue weighted by atomic mass is 19.1. The molecule has 3 N–H and O–H groups in total. The molecule has 226 valence electrons. The largest absolute Gasteiger partial charge is 0.493 e. The lowest BCUT2D eigenvalue weighted by molar-refractivity contribution is -0.0000387. The van der Waals surface area contributed by atoms with Gasteiger partial charge in [0.15, 0.2) is 5.78 Å².